The van der Waals surface area contributed by atoms with Crippen LogP contribution in [0.25, 0.3) is 0 Å². The molecule has 1 heterocycles. The Hall–Kier alpha value is -0.570. The number of hydrogen-bond acceptors (Lipinski definition) is 2. The smallest absolute Gasteiger partial charge is 0.237 e. The van der Waals surface area contributed by atoms with Crippen LogP contribution in [0.15, 0.2) is 0 Å². The van der Waals surface area contributed by atoms with E-state index in [-0.39, 0.29) is 11.9 Å². The average molecular weight is 226 g/mol. The van der Waals surface area contributed by atoms with Crippen LogP contribution in [0, 0.1) is 5.92 Å². The lowest BCUT2D eigenvalue weighted by atomic mass is 10.0. The van der Waals surface area contributed by atoms with Gasteiger partial charge in [0, 0.05) is 6.04 Å². The maximum Gasteiger partial charge on any atom is 0.237 e. The molecular formula is C13H26N2O. The second kappa shape index (κ2) is 6.89. The molecule has 0 aromatic rings. The third kappa shape index (κ3) is 4.97. The number of piperidine rings is 1. The molecule has 0 aromatic heterocycles. The Bertz CT molecular complexity index is 210. The second-order valence-electron chi connectivity index (χ2n) is 5.38. The number of nitrogens with one attached hydrogen (secondary N) is 2. The molecule has 94 valence electrons. The van der Waals surface area contributed by atoms with Crippen LogP contribution in [0.1, 0.15) is 52.9 Å². The third-order valence-electron chi connectivity index (χ3n) is 3.19. The van der Waals surface area contributed by atoms with Crippen LogP contribution in [0.5, 0.6) is 0 Å². The summed E-state index contributed by atoms with van der Waals surface area (Å²) in [5.74, 6) is 0.906. The van der Waals surface area contributed by atoms with Crippen LogP contribution in [-0.2, 0) is 4.79 Å². The van der Waals surface area contributed by atoms with Crippen LogP contribution in [0.3, 0.4) is 0 Å². The van der Waals surface area contributed by atoms with Gasteiger partial charge in [0.25, 0.3) is 0 Å². The highest BCUT2D eigenvalue weighted by molar-refractivity contribution is 5.82. The fraction of sp³-hybridized carbons (Fsp3) is 0.923. The molecule has 0 bridgehead atoms. The van der Waals surface area contributed by atoms with Crippen molar-refractivity contribution in [2.75, 3.05) is 6.54 Å². The molecule has 1 aliphatic rings. The van der Waals surface area contributed by atoms with E-state index < -0.39 is 0 Å². The van der Waals surface area contributed by atoms with E-state index in [2.05, 4.69) is 31.4 Å². The van der Waals surface area contributed by atoms with Crippen molar-refractivity contribution in [1.82, 2.24) is 10.6 Å². The fourth-order valence-corrected chi connectivity index (χ4v) is 2.07. The van der Waals surface area contributed by atoms with Crippen LogP contribution in [-0.4, -0.2) is 24.5 Å². The topological polar surface area (TPSA) is 41.1 Å². The Labute approximate surface area is 99.4 Å². The Kier molecular flexibility index (Phi) is 5.81. The SMILES string of the molecule is CC(C)CCC(C)NC(=O)[C@H]1CCCCN1. The van der Waals surface area contributed by atoms with Gasteiger partial charge in [-0.25, -0.2) is 0 Å². The molecule has 0 radical (unpaired) electrons. The fourth-order valence-electron chi connectivity index (χ4n) is 2.07. The molecule has 0 saturated carbocycles. The molecule has 1 saturated heterocycles. The summed E-state index contributed by atoms with van der Waals surface area (Å²) in [6, 6.07) is 0.355. The van der Waals surface area contributed by atoms with Crippen molar-refractivity contribution in [3.63, 3.8) is 0 Å². The number of carbonyl (C=O) groups excluding carboxylic acids is 1. The van der Waals surface area contributed by atoms with Gasteiger partial charge in [-0.2, -0.15) is 0 Å². The van der Waals surface area contributed by atoms with E-state index in [0.717, 1.165) is 19.4 Å². The minimum absolute atomic E-state index is 0.0512. The van der Waals surface area contributed by atoms with Crippen molar-refractivity contribution in [3.05, 3.63) is 0 Å². The zero-order valence-electron chi connectivity index (χ0n) is 10.9. The lowest BCUT2D eigenvalue weighted by Crippen LogP contribution is -2.49. The van der Waals surface area contributed by atoms with Gasteiger partial charge in [-0.05, 0) is 45.1 Å². The van der Waals surface area contributed by atoms with E-state index >= 15 is 0 Å². The minimum atomic E-state index is 0.0512. The first-order chi connectivity index (χ1) is 7.59. The molecule has 0 aromatic carbocycles. The first kappa shape index (κ1) is 13.5. The predicted molar refractivity (Wildman–Crippen MR) is 67.3 cm³/mol. The average Bonchev–Trinajstić information content (AvgIpc) is 2.27. The minimum Gasteiger partial charge on any atom is -0.352 e. The van der Waals surface area contributed by atoms with Crippen molar-refractivity contribution < 1.29 is 4.79 Å². The van der Waals surface area contributed by atoms with Crippen LogP contribution < -0.4 is 10.6 Å². The van der Waals surface area contributed by atoms with Crippen LogP contribution >= 0.6 is 0 Å². The van der Waals surface area contributed by atoms with Gasteiger partial charge >= 0.3 is 0 Å². The largest absolute Gasteiger partial charge is 0.352 e. The third-order valence-corrected chi connectivity index (χ3v) is 3.19. The highest BCUT2D eigenvalue weighted by Gasteiger charge is 2.21. The number of carbonyl (C=O) groups is 1. The second-order valence-corrected chi connectivity index (χ2v) is 5.38. The lowest BCUT2D eigenvalue weighted by molar-refractivity contribution is -0.124. The number of amides is 1. The summed E-state index contributed by atoms with van der Waals surface area (Å²) in [6.45, 7) is 7.52. The molecule has 16 heavy (non-hydrogen) atoms. The number of rotatable bonds is 5. The Morgan fingerprint density at radius 3 is 2.62 bits per heavy atom. The summed E-state index contributed by atoms with van der Waals surface area (Å²) in [4.78, 5) is 11.9. The van der Waals surface area contributed by atoms with Crippen LogP contribution in [0.4, 0.5) is 0 Å². The van der Waals surface area contributed by atoms with Crippen LogP contribution in [0.2, 0.25) is 0 Å². The molecule has 0 spiro atoms. The molecule has 2 N–H and O–H groups in total. The molecular weight excluding hydrogens is 200 g/mol. The van der Waals surface area contributed by atoms with Gasteiger partial charge in [-0.15, -0.1) is 0 Å². The normalized spacial score (nSPS) is 23.1. The van der Waals surface area contributed by atoms with Crippen molar-refractivity contribution in [3.8, 4) is 0 Å². The molecule has 1 unspecified atom stereocenters. The zero-order chi connectivity index (χ0) is 12.0. The molecule has 1 aliphatic heterocycles. The maximum atomic E-state index is 11.9. The Balaban J connectivity index is 2.21. The summed E-state index contributed by atoms with van der Waals surface area (Å²) in [5.41, 5.74) is 0. The van der Waals surface area contributed by atoms with E-state index in [4.69, 9.17) is 0 Å². The van der Waals surface area contributed by atoms with Gasteiger partial charge in [0.2, 0.25) is 5.91 Å². The van der Waals surface area contributed by atoms with Gasteiger partial charge in [0.15, 0.2) is 0 Å². The van der Waals surface area contributed by atoms with E-state index in [1.165, 1.54) is 19.3 Å². The van der Waals surface area contributed by atoms with E-state index in [1.807, 2.05) is 0 Å². The highest BCUT2D eigenvalue weighted by atomic mass is 16.2. The highest BCUT2D eigenvalue weighted by Crippen LogP contribution is 2.09. The quantitative estimate of drug-likeness (QED) is 0.753. The monoisotopic (exact) mass is 226 g/mol. The Morgan fingerprint density at radius 1 is 1.31 bits per heavy atom. The van der Waals surface area contributed by atoms with Crippen molar-refractivity contribution in [1.29, 1.82) is 0 Å². The first-order valence-corrected chi connectivity index (χ1v) is 6.63. The van der Waals surface area contributed by atoms with E-state index in [9.17, 15) is 4.79 Å². The zero-order valence-corrected chi connectivity index (χ0v) is 10.9. The van der Waals surface area contributed by atoms with Gasteiger partial charge in [0.1, 0.15) is 0 Å². The Morgan fingerprint density at radius 2 is 2.06 bits per heavy atom. The maximum absolute atomic E-state index is 11.9. The summed E-state index contributed by atoms with van der Waals surface area (Å²) >= 11 is 0. The molecule has 1 fully saturated rings. The summed E-state index contributed by atoms with van der Waals surface area (Å²) < 4.78 is 0. The lowest BCUT2D eigenvalue weighted by Gasteiger charge is -2.24. The molecule has 0 aliphatic carbocycles. The predicted octanol–water partition coefficient (Wildman–Crippen LogP) is 2.07. The number of hydrogen-bond donors (Lipinski definition) is 2. The van der Waals surface area contributed by atoms with Gasteiger partial charge < -0.3 is 10.6 Å². The van der Waals surface area contributed by atoms with E-state index in [1.54, 1.807) is 0 Å². The summed E-state index contributed by atoms with van der Waals surface area (Å²) in [6.07, 6.45) is 5.62. The summed E-state index contributed by atoms with van der Waals surface area (Å²) in [5, 5.41) is 6.38. The molecule has 3 nitrogen and oxygen atoms in total. The van der Waals surface area contributed by atoms with Crippen molar-refractivity contribution >= 4 is 5.91 Å². The molecule has 3 heteroatoms. The summed E-state index contributed by atoms with van der Waals surface area (Å²) in [7, 11) is 0. The standard InChI is InChI=1S/C13H26N2O/c1-10(2)7-8-11(3)15-13(16)12-6-4-5-9-14-12/h10-12,14H,4-9H2,1-3H3,(H,15,16)/t11?,12-/m1/s1. The van der Waals surface area contributed by atoms with Crippen molar-refractivity contribution in [2.45, 2.75) is 65.0 Å². The van der Waals surface area contributed by atoms with Crippen molar-refractivity contribution in [2.24, 2.45) is 5.92 Å². The molecule has 1 rings (SSSR count). The van der Waals surface area contributed by atoms with Gasteiger partial charge in [-0.3, -0.25) is 4.79 Å². The molecule has 1 amide bonds. The molecule has 2 atom stereocenters. The van der Waals surface area contributed by atoms with E-state index in [0.29, 0.717) is 12.0 Å². The van der Waals surface area contributed by atoms with Gasteiger partial charge in [-0.1, -0.05) is 20.3 Å². The van der Waals surface area contributed by atoms with Gasteiger partial charge in [0.05, 0.1) is 6.04 Å². The first-order valence-electron chi connectivity index (χ1n) is 6.63.